The van der Waals surface area contributed by atoms with Crippen LogP contribution in [0.1, 0.15) is 18.7 Å². The first-order valence-corrected chi connectivity index (χ1v) is 7.47. The molecule has 0 amide bonds. The van der Waals surface area contributed by atoms with E-state index in [0.717, 1.165) is 54.5 Å². The highest BCUT2D eigenvalue weighted by molar-refractivity contribution is 6.31. The third-order valence-corrected chi connectivity index (χ3v) is 4.17. The van der Waals surface area contributed by atoms with Crippen LogP contribution in [0.2, 0.25) is 5.02 Å². The summed E-state index contributed by atoms with van der Waals surface area (Å²) in [5.74, 6) is 1.99. The van der Waals surface area contributed by atoms with Crippen LogP contribution in [-0.2, 0) is 17.2 Å². The van der Waals surface area contributed by atoms with Crippen molar-refractivity contribution in [2.45, 2.75) is 25.3 Å². The molecule has 3 rings (SSSR count). The number of rotatable bonds is 4. The summed E-state index contributed by atoms with van der Waals surface area (Å²) < 4.78 is 7.61. The lowest BCUT2D eigenvalue weighted by Gasteiger charge is -2.11. The fraction of sp³-hybridized carbons (Fsp3) is 0.500. The number of imidazole rings is 1. The van der Waals surface area contributed by atoms with E-state index in [1.54, 1.807) is 0 Å². The molecule has 1 unspecified atom stereocenters. The van der Waals surface area contributed by atoms with E-state index >= 15 is 0 Å². The lowest BCUT2D eigenvalue weighted by atomic mass is 10.1. The van der Waals surface area contributed by atoms with Crippen LogP contribution in [-0.4, -0.2) is 22.8 Å². The second-order valence-electron chi connectivity index (χ2n) is 4.96. The molecule has 2 heterocycles. The maximum atomic E-state index is 6.08. The zero-order valence-corrected chi connectivity index (χ0v) is 12.1. The van der Waals surface area contributed by atoms with Gasteiger partial charge in [-0.2, -0.15) is 0 Å². The molecule has 19 heavy (non-hydrogen) atoms. The zero-order chi connectivity index (χ0) is 13.2. The van der Waals surface area contributed by atoms with E-state index in [4.69, 9.17) is 27.9 Å². The second-order valence-corrected chi connectivity index (χ2v) is 5.67. The highest BCUT2D eigenvalue weighted by atomic mass is 35.5. The predicted molar refractivity (Wildman–Crippen MR) is 77.8 cm³/mol. The minimum atomic E-state index is 0.424. The maximum Gasteiger partial charge on any atom is 0.124 e. The van der Waals surface area contributed by atoms with E-state index in [0.29, 0.717) is 11.8 Å². The number of alkyl halides is 1. The van der Waals surface area contributed by atoms with E-state index in [-0.39, 0.29) is 0 Å². The maximum absolute atomic E-state index is 6.08. The van der Waals surface area contributed by atoms with Crippen molar-refractivity contribution in [1.82, 2.24) is 9.55 Å². The van der Waals surface area contributed by atoms with Crippen molar-refractivity contribution in [3.8, 4) is 0 Å². The van der Waals surface area contributed by atoms with Gasteiger partial charge < -0.3 is 9.30 Å². The summed E-state index contributed by atoms with van der Waals surface area (Å²) in [5.41, 5.74) is 2.03. The van der Waals surface area contributed by atoms with Gasteiger partial charge >= 0.3 is 0 Å². The van der Waals surface area contributed by atoms with E-state index < -0.39 is 0 Å². The molecule has 3 nitrogen and oxygen atoms in total. The summed E-state index contributed by atoms with van der Waals surface area (Å²) in [4.78, 5) is 4.56. The van der Waals surface area contributed by atoms with Crippen LogP contribution >= 0.6 is 23.2 Å². The Hall–Kier alpha value is -0.770. The minimum Gasteiger partial charge on any atom is -0.381 e. The summed E-state index contributed by atoms with van der Waals surface area (Å²) in [6.07, 6.45) is 2.26. The molecule has 102 valence electrons. The van der Waals surface area contributed by atoms with Gasteiger partial charge in [0.25, 0.3) is 0 Å². The van der Waals surface area contributed by atoms with Crippen molar-refractivity contribution < 1.29 is 4.74 Å². The van der Waals surface area contributed by atoms with Gasteiger partial charge in [0.2, 0.25) is 0 Å². The molecule has 1 atom stereocenters. The van der Waals surface area contributed by atoms with Crippen LogP contribution in [0.5, 0.6) is 0 Å². The van der Waals surface area contributed by atoms with Crippen LogP contribution in [0.15, 0.2) is 18.2 Å². The van der Waals surface area contributed by atoms with Crippen LogP contribution in [0.4, 0.5) is 0 Å². The molecule has 2 aromatic rings. The first-order valence-electron chi connectivity index (χ1n) is 6.56. The number of benzene rings is 1. The molecule has 0 N–H and O–H groups in total. The van der Waals surface area contributed by atoms with Gasteiger partial charge in [0.05, 0.1) is 16.9 Å². The van der Waals surface area contributed by atoms with Gasteiger partial charge in [0.15, 0.2) is 0 Å². The topological polar surface area (TPSA) is 27.1 Å². The first kappa shape index (κ1) is 13.2. The number of hydrogen-bond donors (Lipinski definition) is 0. The van der Waals surface area contributed by atoms with Crippen LogP contribution < -0.4 is 0 Å². The molecule has 1 aliphatic heterocycles. The third-order valence-electron chi connectivity index (χ3n) is 3.69. The standard InChI is InChI=1S/C14H16Cl2N2O/c15-8-14-17-12-2-1-11(16)7-13(12)18(14)5-3-10-4-6-19-9-10/h1-2,7,10H,3-6,8-9H2. The molecule has 1 aromatic heterocycles. The molecule has 1 aromatic carbocycles. The monoisotopic (exact) mass is 298 g/mol. The highest BCUT2D eigenvalue weighted by Crippen LogP contribution is 2.24. The minimum absolute atomic E-state index is 0.424. The predicted octanol–water partition coefficient (Wildman–Crippen LogP) is 3.86. The summed E-state index contributed by atoms with van der Waals surface area (Å²) in [7, 11) is 0. The van der Waals surface area contributed by atoms with E-state index in [9.17, 15) is 0 Å². The number of fused-ring (bicyclic) bond motifs is 1. The molecule has 0 spiro atoms. The number of halogens is 2. The third kappa shape index (κ3) is 2.73. The Bertz CT molecular complexity index is 576. The van der Waals surface area contributed by atoms with Crippen LogP contribution in [0, 0.1) is 5.92 Å². The Morgan fingerprint density at radius 1 is 1.42 bits per heavy atom. The molecule has 1 aliphatic rings. The summed E-state index contributed by atoms with van der Waals surface area (Å²) >= 11 is 12.1. The smallest absolute Gasteiger partial charge is 0.124 e. The molecule has 0 radical (unpaired) electrons. The average molecular weight is 299 g/mol. The van der Waals surface area contributed by atoms with Gasteiger partial charge in [0, 0.05) is 24.8 Å². The molecule has 0 saturated carbocycles. The zero-order valence-electron chi connectivity index (χ0n) is 10.6. The lowest BCUT2D eigenvalue weighted by Crippen LogP contribution is -2.08. The van der Waals surface area contributed by atoms with Gasteiger partial charge in [-0.05, 0) is 37.0 Å². The van der Waals surface area contributed by atoms with Gasteiger partial charge in [0.1, 0.15) is 5.82 Å². The number of aromatic nitrogens is 2. The Balaban J connectivity index is 1.88. The molecular formula is C14H16Cl2N2O. The second kappa shape index (κ2) is 5.70. The van der Waals surface area contributed by atoms with E-state index in [1.165, 1.54) is 0 Å². The molecule has 0 aliphatic carbocycles. The molecule has 5 heteroatoms. The fourth-order valence-electron chi connectivity index (χ4n) is 2.62. The van der Waals surface area contributed by atoms with Gasteiger partial charge in [-0.15, -0.1) is 11.6 Å². The summed E-state index contributed by atoms with van der Waals surface area (Å²) in [6.45, 7) is 2.69. The lowest BCUT2D eigenvalue weighted by molar-refractivity contribution is 0.183. The average Bonchev–Trinajstić information content (AvgIpc) is 3.03. The Morgan fingerprint density at radius 2 is 2.32 bits per heavy atom. The first-order chi connectivity index (χ1) is 9.28. The fourth-order valence-corrected chi connectivity index (χ4v) is 2.99. The molecule has 1 saturated heterocycles. The van der Waals surface area contributed by atoms with Crippen molar-refractivity contribution in [2.24, 2.45) is 5.92 Å². The van der Waals surface area contributed by atoms with Gasteiger partial charge in [-0.3, -0.25) is 0 Å². The van der Waals surface area contributed by atoms with Crippen molar-refractivity contribution in [1.29, 1.82) is 0 Å². The number of hydrogen-bond acceptors (Lipinski definition) is 2. The van der Waals surface area contributed by atoms with Gasteiger partial charge in [-0.25, -0.2) is 4.98 Å². The Kier molecular flexibility index (Phi) is 3.96. The quantitative estimate of drug-likeness (QED) is 0.802. The summed E-state index contributed by atoms with van der Waals surface area (Å²) in [5, 5.41) is 0.735. The Labute approximate surface area is 122 Å². The normalized spacial score (nSPS) is 19.4. The van der Waals surface area contributed by atoms with Crippen molar-refractivity contribution in [3.63, 3.8) is 0 Å². The SMILES string of the molecule is ClCc1nc2ccc(Cl)cc2n1CCC1CCOC1. The van der Waals surface area contributed by atoms with Crippen molar-refractivity contribution in [3.05, 3.63) is 29.0 Å². The number of ether oxygens (including phenoxy) is 1. The Morgan fingerprint density at radius 3 is 3.05 bits per heavy atom. The number of nitrogens with zero attached hydrogens (tertiary/aromatic N) is 2. The van der Waals surface area contributed by atoms with Crippen LogP contribution in [0.3, 0.4) is 0 Å². The number of aryl methyl sites for hydroxylation is 1. The largest absolute Gasteiger partial charge is 0.381 e. The van der Waals surface area contributed by atoms with Crippen molar-refractivity contribution >= 4 is 34.2 Å². The highest BCUT2D eigenvalue weighted by Gasteiger charge is 2.17. The molecule has 1 fully saturated rings. The summed E-state index contributed by atoms with van der Waals surface area (Å²) in [6, 6.07) is 5.78. The van der Waals surface area contributed by atoms with Gasteiger partial charge in [-0.1, -0.05) is 11.6 Å². The molecule has 0 bridgehead atoms. The van der Waals surface area contributed by atoms with E-state index in [1.807, 2.05) is 18.2 Å². The van der Waals surface area contributed by atoms with E-state index in [2.05, 4.69) is 9.55 Å². The molecular weight excluding hydrogens is 283 g/mol. The van der Waals surface area contributed by atoms with Crippen molar-refractivity contribution in [2.75, 3.05) is 13.2 Å². The van der Waals surface area contributed by atoms with Crippen LogP contribution in [0.25, 0.3) is 11.0 Å².